The van der Waals surface area contributed by atoms with Crippen molar-refractivity contribution in [2.24, 2.45) is 7.05 Å². The number of nitrogens with one attached hydrogen (secondary N) is 1. The molecule has 2 rings (SSSR count). The molecule has 0 radical (unpaired) electrons. The number of halogens is 1. The Kier molecular flexibility index (Phi) is 3.24. The summed E-state index contributed by atoms with van der Waals surface area (Å²) in [6.07, 6.45) is 0. The number of benzene rings is 1. The molecule has 4 nitrogen and oxygen atoms in total. The zero-order valence-electron chi connectivity index (χ0n) is 9.99. The Morgan fingerprint density at radius 3 is 2.71 bits per heavy atom. The minimum Gasteiger partial charge on any atom is -0.496 e. The molecule has 0 amide bonds. The van der Waals surface area contributed by atoms with Gasteiger partial charge in [-0.2, -0.15) is 5.10 Å². The van der Waals surface area contributed by atoms with Crippen LogP contribution in [0.5, 0.6) is 5.75 Å². The van der Waals surface area contributed by atoms with Crippen molar-refractivity contribution in [3.63, 3.8) is 0 Å². The van der Waals surface area contributed by atoms with Crippen LogP contribution in [0.25, 0.3) is 11.3 Å². The van der Waals surface area contributed by atoms with Crippen LogP contribution < -0.4 is 10.1 Å². The molecule has 0 bridgehead atoms. The molecule has 0 aliphatic heterocycles. The van der Waals surface area contributed by atoms with Gasteiger partial charge in [-0.05, 0) is 18.2 Å². The van der Waals surface area contributed by atoms with Gasteiger partial charge in [0, 0.05) is 30.7 Å². The van der Waals surface area contributed by atoms with Crippen molar-refractivity contribution in [3.8, 4) is 17.0 Å². The zero-order chi connectivity index (χ0) is 12.4. The van der Waals surface area contributed by atoms with Crippen molar-refractivity contribution >= 4 is 17.4 Å². The first-order chi connectivity index (χ1) is 8.15. The molecule has 0 aliphatic rings. The number of methoxy groups -OCH3 is 1. The zero-order valence-corrected chi connectivity index (χ0v) is 10.7. The molecule has 90 valence electrons. The van der Waals surface area contributed by atoms with E-state index in [1.807, 2.05) is 32.3 Å². The molecular weight excluding hydrogens is 238 g/mol. The lowest BCUT2D eigenvalue weighted by Crippen LogP contribution is -1.97. The van der Waals surface area contributed by atoms with E-state index >= 15 is 0 Å². The number of rotatable bonds is 3. The summed E-state index contributed by atoms with van der Waals surface area (Å²) in [6.45, 7) is 0. The molecule has 0 spiro atoms. The third-order valence-electron chi connectivity index (χ3n) is 2.58. The summed E-state index contributed by atoms with van der Waals surface area (Å²) < 4.78 is 7.09. The molecule has 0 fully saturated rings. The number of nitrogens with zero attached hydrogens (tertiary/aromatic N) is 2. The molecule has 1 aromatic carbocycles. The summed E-state index contributed by atoms with van der Waals surface area (Å²) >= 11 is 5.93. The minimum atomic E-state index is 0.648. The maximum absolute atomic E-state index is 5.93. The normalized spacial score (nSPS) is 10.4. The van der Waals surface area contributed by atoms with E-state index in [4.69, 9.17) is 16.3 Å². The van der Waals surface area contributed by atoms with E-state index in [-0.39, 0.29) is 0 Å². The molecule has 17 heavy (non-hydrogen) atoms. The molecule has 0 atom stereocenters. The van der Waals surface area contributed by atoms with Crippen LogP contribution in [0, 0.1) is 0 Å². The van der Waals surface area contributed by atoms with Gasteiger partial charge in [0.05, 0.1) is 12.8 Å². The summed E-state index contributed by atoms with van der Waals surface area (Å²) in [7, 11) is 5.37. The number of hydrogen-bond donors (Lipinski definition) is 1. The van der Waals surface area contributed by atoms with E-state index in [1.165, 1.54) is 0 Å². The topological polar surface area (TPSA) is 39.1 Å². The largest absolute Gasteiger partial charge is 0.496 e. The van der Waals surface area contributed by atoms with Crippen molar-refractivity contribution < 1.29 is 4.74 Å². The molecule has 2 aromatic rings. The fraction of sp³-hybridized carbons (Fsp3) is 0.250. The molecule has 0 saturated carbocycles. The van der Waals surface area contributed by atoms with E-state index in [9.17, 15) is 0 Å². The van der Waals surface area contributed by atoms with Crippen molar-refractivity contribution in [1.82, 2.24) is 9.78 Å². The van der Waals surface area contributed by atoms with Gasteiger partial charge in [-0.3, -0.25) is 4.68 Å². The Labute approximate surface area is 105 Å². The lowest BCUT2D eigenvalue weighted by molar-refractivity contribution is 0.416. The summed E-state index contributed by atoms with van der Waals surface area (Å²) in [5.74, 6) is 1.66. The number of ether oxygens (including phenoxy) is 1. The Bertz CT molecular complexity index is 537. The van der Waals surface area contributed by atoms with Crippen LogP contribution in [-0.2, 0) is 7.05 Å². The first kappa shape index (κ1) is 11.8. The van der Waals surface area contributed by atoms with E-state index in [0.29, 0.717) is 5.02 Å². The first-order valence-corrected chi connectivity index (χ1v) is 5.59. The van der Waals surface area contributed by atoms with E-state index < -0.39 is 0 Å². The number of aromatic nitrogens is 2. The predicted octanol–water partition coefficient (Wildman–Crippen LogP) is 2.79. The second-order valence-corrected chi connectivity index (χ2v) is 4.07. The van der Waals surface area contributed by atoms with Crippen LogP contribution in [-0.4, -0.2) is 23.9 Å². The highest BCUT2D eigenvalue weighted by molar-refractivity contribution is 6.30. The van der Waals surface area contributed by atoms with Crippen LogP contribution in [0.15, 0.2) is 24.3 Å². The van der Waals surface area contributed by atoms with Crippen molar-refractivity contribution in [2.45, 2.75) is 0 Å². The highest BCUT2D eigenvalue weighted by Gasteiger charge is 2.11. The lowest BCUT2D eigenvalue weighted by Gasteiger charge is -2.05. The van der Waals surface area contributed by atoms with E-state index in [0.717, 1.165) is 22.8 Å². The second-order valence-electron chi connectivity index (χ2n) is 3.63. The molecule has 1 aromatic heterocycles. The first-order valence-electron chi connectivity index (χ1n) is 5.21. The number of aryl methyl sites for hydroxylation is 1. The smallest absolute Gasteiger partial charge is 0.129 e. The van der Waals surface area contributed by atoms with Gasteiger partial charge in [-0.1, -0.05) is 11.6 Å². The fourth-order valence-corrected chi connectivity index (χ4v) is 1.87. The Morgan fingerprint density at radius 1 is 1.35 bits per heavy atom. The fourth-order valence-electron chi connectivity index (χ4n) is 1.71. The Morgan fingerprint density at radius 2 is 2.12 bits per heavy atom. The maximum atomic E-state index is 5.93. The van der Waals surface area contributed by atoms with Gasteiger partial charge in [0.2, 0.25) is 0 Å². The molecule has 0 saturated heterocycles. The van der Waals surface area contributed by atoms with Crippen LogP contribution in [0.3, 0.4) is 0 Å². The predicted molar refractivity (Wildman–Crippen MR) is 69.8 cm³/mol. The standard InChI is InChI=1S/C12H14ClN3O/c1-14-12-7-10(15-16(12)2)9-5-4-8(13)6-11(9)17-3/h4-7,14H,1-3H3. The van der Waals surface area contributed by atoms with E-state index in [2.05, 4.69) is 10.4 Å². The Hall–Kier alpha value is -1.68. The summed E-state index contributed by atoms with van der Waals surface area (Å²) in [5.41, 5.74) is 1.78. The van der Waals surface area contributed by atoms with Gasteiger partial charge >= 0.3 is 0 Å². The summed E-state index contributed by atoms with van der Waals surface area (Å²) in [6, 6.07) is 7.48. The van der Waals surface area contributed by atoms with Crippen molar-refractivity contribution in [1.29, 1.82) is 0 Å². The number of anilines is 1. The Balaban J connectivity index is 2.51. The van der Waals surface area contributed by atoms with Crippen LogP contribution in [0.1, 0.15) is 0 Å². The number of hydrogen-bond acceptors (Lipinski definition) is 3. The maximum Gasteiger partial charge on any atom is 0.129 e. The third kappa shape index (κ3) is 2.22. The van der Waals surface area contributed by atoms with Gasteiger partial charge in [0.15, 0.2) is 0 Å². The molecule has 0 unspecified atom stereocenters. The van der Waals surface area contributed by atoms with Gasteiger partial charge in [-0.25, -0.2) is 0 Å². The molecule has 0 aliphatic carbocycles. The highest BCUT2D eigenvalue weighted by atomic mass is 35.5. The quantitative estimate of drug-likeness (QED) is 0.912. The van der Waals surface area contributed by atoms with Gasteiger partial charge in [-0.15, -0.1) is 0 Å². The summed E-state index contributed by atoms with van der Waals surface area (Å²) in [4.78, 5) is 0. The minimum absolute atomic E-state index is 0.648. The average molecular weight is 252 g/mol. The van der Waals surface area contributed by atoms with Gasteiger partial charge < -0.3 is 10.1 Å². The van der Waals surface area contributed by atoms with Crippen LogP contribution in [0.2, 0.25) is 5.02 Å². The van der Waals surface area contributed by atoms with Crippen LogP contribution >= 0.6 is 11.6 Å². The summed E-state index contributed by atoms with van der Waals surface area (Å²) in [5, 5.41) is 8.14. The van der Waals surface area contributed by atoms with Crippen molar-refractivity contribution in [2.75, 3.05) is 19.5 Å². The molecule has 5 heteroatoms. The molecule has 1 N–H and O–H groups in total. The highest BCUT2D eigenvalue weighted by Crippen LogP contribution is 2.32. The third-order valence-corrected chi connectivity index (χ3v) is 2.81. The van der Waals surface area contributed by atoms with Crippen molar-refractivity contribution in [3.05, 3.63) is 29.3 Å². The molecule has 1 heterocycles. The van der Waals surface area contributed by atoms with Crippen LogP contribution in [0.4, 0.5) is 5.82 Å². The van der Waals surface area contributed by atoms with Gasteiger partial charge in [0.1, 0.15) is 11.6 Å². The van der Waals surface area contributed by atoms with E-state index in [1.54, 1.807) is 17.9 Å². The SMILES string of the molecule is CNc1cc(-c2ccc(Cl)cc2OC)nn1C. The monoisotopic (exact) mass is 251 g/mol. The average Bonchev–Trinajstić information content (AvgIpc) is 2.70. The second kappa shape index (κ2) is 4.67. The van der Waals surface area contributed by atoms with Gasteiger partial charge in [0.25, 0.3) is 0 Å². The lowest BCUT2D eigenvalue weighted by atomic mass is 10.1. The molecular formula is C12H14ClN3O.